The van der Waals surface area contributed by atoms with Gasteiger partial charge in [0.25, 0.3) is 0 Å². The largest absolute Gasteiger partial charge is 0.508 e. The Hall–Kier alpha value is -1.06. The van der Waals surface area contributed by atoms with Crippen LogP contribution in [0.15, 0.2) is 24.3 Å². The number of benzene rings is 1. The summed E-state index contributed by atoms with van der Waals surface area (Å²) in [7, 11) is 0. The molecule has 124 valence electrons. The highest BCUT2D eigenvalue weighted by Crippen LogP contribution is 2.40. The first-order valence-electron chi connectivity index (χ1n) is 8.53. The van der Waals surface area contributed by atoms with Crippen LogP contribution in [0, 0.1) is 11.8 Å². The van der Waals surface area contributed by atoms with Gasteiger partial charge in [-0.25, -0.2) is 0 Å². The SMILES string of the molecule is CC(C)C(O)CCN1CC[C@](C)(c2cccc(O)c2)[C@H](C)C1. The van der Waals surface area contributed by atoms with Crippen molar-refractivity contribution < 1.29 is 10.2 Å². The van der Waals surface area contributed by atoms with Gasteiger partial charge in [0.1, 0.15) is 5.75 Å². The highest BCUT2D eigenvalue weighted by Gasteiger charge is 2.38. The number of likely N-dealkylation sites (tertiary alicyclic amines) is 1. The Labute approximate surface area is 135 Å². The molecule has 1 saturated heterocycles. The Kier molecular flexibility index (Phi) is 5.51. The number of aromatic hydroxyl groups is 1. The zero-order chi connectivity index (χ0) is 16.3. The lowest BCUT2D eigenvalue weighted by Crippen LogP contribution is -2.48. The number of nitrogens with zero attached hydrogens (tertiary/aromatic N) is 1. The number of rotatable bonds is 5. The topological polar surface area (TPSA) is 43.7 Å². The smallest absolute Gasteiger partial charge is 0.115 e. The predicted octanol–water partition coefficient (Wildman–Crippen LogP) is 3.40. The van der Waals surface area contributed by atoms with Crippen LogP contribution < -0.4 is 0 Å². The van der Waals surface area contributed by atoms with E-state index in [0.717, 1.165) is 32.5 Å². The van der Waals surface area contributed by atoms with Crippen molar-refractivity contribution in [1.29, 1.82) is 0 Å². The molecule has 1 unspecified atom stereocenters. The molecule has 2 N–H and O–H groups in total. The Bertz CT molecular complexity index is 488. The third kappa shape index (κ3) is 3.82. The fraction of sp³-hybridized carbons (Fsp3) is 0.684. The van der Waals surface area contributed by atoms with Gasteiger partial charge in [-0.3, -0.25) is 0 Å². The lowest BCUT2D eigenvalue weighted by atomic mass is 9.68. The minimum atomic E-state index is -0.199. The third-order valence-electron chi connectivity index (χ3n) is 5.58. The van der Waals surface area contributed by atoms with Crippen LogP contribution in [-0.4, -0.2) is 40.9 Å². The Balaban J connectivity index is 1.97. The number of hydrogen-bond acceptors (Lipinski definition) is 3. The quantitative estimate of drug-likeness (QED) is 0.876. The summed E-state index contributed by atoms with van der Waals surface area (Å²) < 4.78 is 0. The molecule has 0 spiro atoms. The van der Waals surface area contributed by atoms with Gasteiger partial charge >= 0.3 is 0 Å². The monoisotopic (exact) mass is 305 g/mol. The number of hydrogen-bond donors (Lipinski definition) is 2. The molecule has 1 aromatic rings. The normalized spacial score (nSPS) is 28.0. The number of piperidine rings is 1. The van der Waals surface area contributed by atoms with Crippen molar-refractivity contribution in [3.63, 3.8) is 0 Å². The first-order chi connectivity index (χ1) is 10.3. The third-order valence-corrected chi connectivity index (χ3v) is 5.58. The lowest BCUT2D eigenvalue weighted by molar-refractivity contribution is 0.0702. The molecule has 0 amide bonds. The molecule has 1 aromatic carbocycles. The molecule has 3 atom stereocenters. The molecule has 0 aliphatic carbocycles. The van der Waals surface area contributed by atoms with E-state index < -0.39 is 0 Å². The summed E-state index contributed by atoms with van der Waals surface area (Å²) in [5.74, 6) is 1.22. The molecular formula is C19H31NO2. The molecule has 0 saturated carbocycles. The molecular weight excluding hydrogens is 274 g/mol. The van der Waals surface area contributed by atoms with E-state index in [1.54, 1.807) is 6.07 Å². The Morgan fingerprint density at radius 3 is 2.68 bits per heavy atom. The first kappa shape index (κ1) is 17.3. The molecule has 3 nitrogen and oxygen atoms in total. The van der Waals surface area contributed by atoms with Crippen LogP contribution in [0.4, 0.5) is 0 Å². The van der Waals surface area contributed by atoms with E-state index in [-0.39, 0.29) is 11.5 Å². The van der Waals surface area contributed by atoms with Gasteiger partial charge < -0.3 is 15.1 Å². The van der Waals surface area contributed by atoms with Gasteiger partial charge in [0.2, 0.25) is 0 Å². The van der Waals surface area contributed by atoms with Crippen molar-refractivity contribution in [2.75, 3.05) is 19.6 Å². The van der Waals surface area contributed by atoms with Crippen LogP contribution >= 0.6 is 0 Å². The number of phenolic OH excluding ortho intramolecular Hbond substituents is 1. The Morgan fingerprint density at radius 1 is 1.36 bits per heavy atom. The molecule has 0 radical (unpaired) electrons. The van der Waals surface area contributed by atoms with Crippen molar-refractivity contribution in [2.24, 2.45) is 11.8 Å². The van der Waals surface area contributed by atoms with Gasteiger partial charge in [-0.2, -0.15) is 0 Å². The van der Waals surface area contributed by atoms with Crippen molar-refractivity contribution in [2.45, 2.75) is 52.1 Å². The molecule has 2 rings (SSSR count). The minimum absolute atomic E-state index is 0.117. The summed E-state index contributed by atoms with van der Waals surface area (Å²) in [5.41, 5.74) is 1.35. The van der Waals surface area contributed by atoms with E-state index >= 15 is 0 Å². The maximum Gasteiger partial charge on any atom is 0.115 e. The zero-order valence-corrected chi connectivity index (χ0v) is 14.4. The summed E-state index contributed by atoms with van der Waals surface area (Å²) in [6.45, 7) is 11.8. The molecule has 3 heteroatoms. The predicted molar refractivity (Wildman–Crippen MR) is 91.1 cm³/mol. The maximum atomic E-state index is 9.98. The number of aliphatic hydroxyl groups excluding tert-OH is 1. The molecule has 1 aliphatic heterocycles. The summed E-state index contributed by atoms with van der Waals surface area (Å²) >= 11 is 0. The van der Waals surface area contributed by atoms with Crippen molar-refractivity contribution in [3.8, 4) is 5.75 Å². The number of phenols is 1. The average molecular weight is 305 g/mol. The van der Waals surface area contributed by atoms with Gasteiger partial charge in [0.05, 0.1) is 6.10 Å². The lowest BCUT2D eigenvalue weighted by Gasteiger charge is -2.45. The average Bonchev–Trinajstić information content (AvgIpc) is 2.48. The van der Waals surface area contributed by atoms with Crippen LogP contribution in [0.2, 0.25) is 0 Å². The standard InChI is InChI=1S/C19H31NO2/c1-14(2)18(22)8-10-20-11-9-19(4,15(3)13-20)16-6-5-7-17(21)12-16/h5-7,12,14-15,18,21-22H,8-11,13H2,1-4H3/t15-,18?,19+/m1/s1. The molecule has 1 heterocycles. The second kappa shape index (κ2) is 7.01. The van der Waals surface area contributed by atoms with Crippen LogP contribution in [0.1, 0.15) is 46.1 Å². The van der Waals surface area contributed by atoms with Crippen LogP contribution in [0.3, 0.4) is 0 Å². The molecule has 1 fully saturated rings. The van der Waals surface area contributed by atoms with E-state index in [1.807, 2.05) is 12.1 Å². The highest BCUT2D eigenvalue weighted by molar-refractivity contribution is 5.33. The van der Waals surface area contributed by atoms with E-state index in [2.05, 4.69) is 38.7 Å². The fourth-order valence-corrected chi connectivity index (χ4v) is 3.46. The summed E-state index contributed by atoms with van der Waals surface area (Å²) in [5, 5.41) is 19.7. The van der Waals surface area contributed by atoms with Crippen molar-refractivity contribution >= 4 is 0 Å². The van der Waals surface area contributed by atoms with Gasteiger partial charge in [-0.15, -0.1) is 0 Å². The van der Waals surface area contributed by atoms with Gasteiger partial charge in [-0.05, 0) is 54.3 Å². The second-order valence-corrected chi connectivity index (χ2v) is 7.52. The van der Waals surface area contributed by atoms with Crippen molar-refractivity contribution in [1.82, 2.24) is 4.90 Å². The first-order valence-corrected chi connectivity index (χ1v) is 8.53. The number of aliphatic hydroxyl groups is 1. The summed E-state index contributed by atoms with van der Waals surface area (Å²) in [6.07, 6.45) is 1.75. The second-order valence-electron chi connectivity index (χ2n) is 7.52. The molecule has 1 aliphatic rings. The van der Waals surface area contributed by atoms with E-state index in [4.69, 9.17) is 0 Å². The van der Waals surface area contributed by atoms with Gasteiger partial charge in [-0.1, -0.05) is 39.8 Å². The van der Waals surface area contributed by atoms with Gasteiger partial charge in [0, 0.05) is 13.1 Å². The van der Waals surface area contributed by atoms with Crippen LogP contribution in [0.5, 0.6) is 5.75 Å². The van der Waals surface area contributed by atoms with Crippen LogP contribution in [-0.2, 0) is 5.41 Å². The molecule has 22 heavy (non-hydrogen) atoms. The highest BCUT2D eigenvalue weighted by atomic mass is 16.3. The summed E-state index contributed by atoms with van der Waals surface area (Å²) in [4.78, 5) is 2.47. The Morgan fingerprint density at radius 2 is 2.09 bits per heavy atom. The van der Waals surface area contributed by atoms with E-state index in [0.29, 0.717) is 17.6 Å². The van der Waals surface area contributed by atoms with Crippen molar-refractivity contribution in [3.05, 3.63) is 29.8 Å². The van der Waals surface area contributed by atoms with Crippen LogP contribution in [0.25, 0.3) is 0 Å². The molecule has 0 aromatic heterocycles. The zero-order valence-electron chi connectivity index (χ0n) is 14.4. The molecule has 0 bridgehead atoms. The van der Waals surface area contributed by atoms with E-state index in [1.165, 1.54) is 5.56 Å². The fourth-order valence-electron chi connectivity index (χ4n) is 3.46. The van der Waals surface area contributed by atoms with Gasteiger partial charge in [0.15, 0.2) is 0 Å². The maximum absolute atomic E-state index is 9.98. The van der Waals surface area contributed by atoms with E-state index in [9.17, 15) is 10.2 Å². The summed E-state index contributed by atoms with van der Waals surface area (Å²) in [6, 6.07) is 7.72. The minimum Gasteiger partial charge on any atom is -0.508 e.